The number of aromatic nitrogens is 1. The Morgan fingerprint density at radius 3 is 2.56 bits per heavy atom. The lowest BCUT2D eigenvalue weighted by molar-refractivity contribution is -0.245. The van der Waals surface area contributed by atoms with E-state index in [0.717, 1.165) is 4.90 Å². The van der Waals surface area contributed by atoms with Crippen molar-refractivity contribution < 1.29 is 32.3 Å². The number of aryl methyl sites for hydroxylation is 1. The van der Waals surface area contributed by atoms with Crippen molar-refractivity contribution in [3.8, 4) is 5.75 Å². The molecule has 170 valence electrons. The summed E-state index contributed by atoms with van der Waals surface area (Å²) in [5.41, 5.74) is -3.97. The molecule has 0 aliphatic rings. The first-order valence-corrected chi connectivity index (χ1v) is 9.33. The fraction of sp³-hybridized carbons (Fsp3) is 0.286. The minimum Gasteiger partial charge on any atom is -0.495 e. The lowest BCUT2D eigenvalue weighted by Gasteiger charge is -2.34. The maximum absolute atomic E-state index is 13.9. The number of methoxy groups -OCH3 is 1. The highest BCUT2D eigenvalue weighted by molar-refractivity contribution is 6.00. The molecule has 0 aliphatic carbocycles. The molecule has 1 heterocycles. The average molecular weight is 451 g/mol. The second-order valence-corrected chi connectivity index (χ2v) is 7.16. The lowest BCUT2D eigenvalue weighted by atomic mass is 10.0. The number of aliphatic hydroxyl groups is 1. The lowest BCUT2D eigenvalue weighted by Crippen LogP contribution is -2.60. The van der Waals surface area contributed by atoms with Crippen molar-refractivity contribution in [2.24, 2.45) is 0 Å². The van der Waals surface area contributed by atoms with Crippen molar-refractivity contribution in [2.75, 3.05) is 30.9 Å². The highest BCUT2D eigenvalue weighted by Gasteiger charge is 2.60. The number of carbonyl (C=O) groups excluding carboxylic acids is 1. The molecular weight excluding hydrogens is 431 g/mol. The zero-order valence-electron chi connectivity index (χ0n) is 17.4. The fourth-order valence-corrected chi connectivity index (χ4v) is 3.21. The highest BCUT2D eigenvalue weighted by Crippen LogP contribution is 2.35. The Bertz CT molecular complexity index is 1210. The summed E-state index contributed by atoms with van der Waals surface area (Å²) >= 11 is 0. The van der Waals surface area contributed by atoms with Crippen LogP contribution >= 0.6 is 0 Å². The standard InChI is InChI=1S/C21H20F3N3O5/c1-12-15-10-13(8-9-14(15)18(28)32-26-12)25-19(29)20(30,21(22,23)24)11-27(2)16-6-4-5-7-17(16)31-3/h4-10,30H,11H2,1-3H3,(H,25,29). The second-order valence-electron chi connectivity index (χ2n) is 7.16. The van der Waals surface area contributed by atoms with Gasteiger partial charge in [0, 0.05) is 18.1 Å². The van der Waals surface area contributed by atoms with Crippen molar-refractivity contribution in [3.63, 3.8) is 0 Å². The maximum atomic E-state index is 13.9. The molecule has 0 aliphatic heterocycles. The zero-order chi connectivity index (χ0) is 23.7. The van der Waals surface area contributed by atoms with Gasteiger partial charge >= 0.3 is 11.8 Å². The van der Waals surface area contributed by atoms with Gasteiger partial charge in [-0.3, -0.25) is 4.79 Å². The van der Waals surface area contributed by atoms with Crippen molar-refractivity contribution >= 4 is 28.1 Å². The number of halogens is 3. The maximum Gasteiger partial charge on any atom is 0.428 e. The molecule has 1 aromatic heterocycles. The van der Waals surface area contributed by atoms with E-state index in [4.69, 9.17) is 4.74 Å². The number of amides is 1. The van der Waals surface area contributed by atoms with Crippen LogP contribution in [0.3, 0.4) is 0 Å². The van der Waals surface area contributed by atoms with E-state index >= 15 is 0 Å². The summed E-state index contributed by atoms with van der Waals surface area (Å²) < 4.78 is 51.3. The van der Waals surface area contributed by atoms with Gasteiger partial charge in [-0.05, 0) is 37.3 Å². The monoisotopic (exact) mass is 451 g/mol. The van der Waals surface area contributed by atoms with Gasteiger partial charge in [0.05, 0.1) is 30.4 Å². The number of nitrogens with zero attached hydrogens (tertiary/aromatic N) is 2. The molecule has 2 N–H and O–H groups in total. The number of hydrogen-bond acceptors (Lipinski definition) is 7. The third-order valence-electron chi connectivity index (χ3n) is 4.96. The number of para-hydroxylation sites is 2. The minimum atomic E-state index is -5.29. The molecule has 32 heavy (non-hydrogen) atoms. The predicted octanol–water partition coefficient (Wildman–Crippen LogP) is 2.87. The molecule has 0 fully saturated rings. The molecule has 0 saturated heterocycles. The molecule has 1 atom stereocenters. The van der Waals surface area contributed by atoms with E-state index in [1.54, 1.807) is 18.2 Å². The number of hydrogen-bond donors (Lipinski definition) is 2. The summed E-state index contributed by atoms with van der Waals surface area (Å²) in [7, 11) is 2.65. The summed E-state index contributed by atoms with van der Waals surface area (Å²) in [6, 6.07) is 10.1. The summed E-state index contributed by atoms with van der Waals surface area (Å²) in [6.07, 6.45) is -5.29. The number of nitrogens with one attached hydrogen (secondary N) is 1. The predicted molar refractivity (Wildman–Crippen MR) is 111 cm³/mol. The summed E-state index contributed by atoms with van der Waals surface area (Å²) in [4.78, 5) is 25.5. The van der Waals surface area contributed by atoms with Crippen LogP contribution in [0.4, 0.5) is 24.5 Å². The Hall–Kier alpha value is -3.60. The van der Waals surface area contributed by atoms with Crippen LogP contribution in [-0.2, 0) is 4.79 Å². The number of fused-ring (bicyclic) bond motifs is 1. The Morgan fingerprint density at radius 2 is 1.91 bits per heavy atom. The largest absolute Gasteiger partial charge is 0.495 e. The zero-order valence-corrected chi connectivity index (χ0v) is 17.4. The summed E-state index contributed by atoms with van der Waals surface area (Å²) in [5.74, 6) is -1.41. The van der Waals surface area contributed by atoms with E-state index in [9.17, 15) is 27.9 Å². The molecule has 3 rings (SSSR count). The van der Waals surface area contributed by atoms with Crippen LogP contribution in [0.25, 0.3) is 10.8 Å². The SMILES string of the molecule is COc1ccccc1N(C)CC(O)(C(=O)Nc1ccc2c(=O)onc(C)c2c1)C(F)(F)F. The number of benzene rings is 2. The number of likely N-dealkylation sites (N-methyl/N-ethyl adjacent to an activating group) is 1. The van der Waals surface area contributed by atoms with E-state index in [0.29, 0.717) is 11.1 Å². The van der Waals surface area contributed by atoms with Crippen LogP contribution in [0.1, 0.15) is 5.69 Å². The number of ether oxygens (including phenoxy) is 1. The number of alkyl halides is 3. The third-order valence-corrected chi connectivity index (χ3v) is 4.96. The van der Waals surface area contributed by atoms with E-state index in [1.165, 1.54) is 45.3 Å². The first kappa shape index (κ1) is 23.1. The van der Waals surface area contributed by atoms with Gasteiger partial charge in [-0.25, -0.2) is 4.79 Å². The molecule has 1 amide bonds. The number of carbonyl (C=O) groups is 1. The number of rotatable bonds is 6. The van der Waals surface area contributed by atoms with Crippen molar-refractivity contribution in [1.82, 2.24) is 5.16 Å². The molecule has 0 spiro atoms. The van der Waals surface area contributed by atoms with E-state index in [1.807, 2.05) is 0 Å². The van der Waals surface area contributed by atoms with Gasteiger partial charge in [0.1, 0.15) is 5.75 Å². The molecule has 0 bridgehead atoms. The van der Waals surface area contributed by atoms with Crippen LogP contribution in [0, 0.1) is 6.92 Å². The Balaban J connectivity index is 1.93. The Labute approximate surface area is 180 Å². The molecule has 0 radical (unpaired) electrons. The van der Waals surface area contributed by atoms with Gasteiger partial charge in [-0.2, -0.15) is 13.2 Å². The van der Waals surface area contributed by atoms with Crippen LogP contribution in [0.2, 0.25) is 0 Å². The number of anilines is 2. The van der Waals surface area contributed by atoms with Gasteiger partial charge < -0.3 is 24.6 Å². The van der Waals surface area contributed by atoms with Crippen molar-refractivity contribution in [1.29, 1.82) is 0 Å². The Kier molecular flexibility index (Phi) is 6.13. The first-order chi connectivity index (χ1) is 15.0. The second kappa shape index (κ2) is 8.50. The summed E-state index contributed by atoms with van der Waals surface area (Å²) in [6.45, 7) is 0.436. The first-order valence-electron chi connectivity index (χ1n) is 9.33. The van der Waals surface area contributed by atoms with Crippen LogP contribution < -0.4 is 20.6 Å². The molecule has 11 heteroatoms. The van der Waals surface area contributed by atoms with Gasteiger partial charge in [0.2, 0.25) is 0 Å². The normalized spacial score (nSPS) is 13.5. The van der Waals surface area contributed by atoms with Crippen molar-refractivity contribution in [3.05, 3.63) is 58.6 Å². The smallest absolute Gasteiger partial charge is 0.428 e. The van der Waals surface area contributed by atoms with E-state index in [2.05, 4.69) is 15.0 Å². The van der Waals surface area contributed by atoms with Gasteiger partial charge in [0.25, 0.3) is 11.5 Å². The van der Waals surface area contributed by atoms with Gasteiger partial charge in [0.15, 0.2) is 0 Å². The quantitative estimate of drug-likeness (QED) is 0.594. The molecule has 1 unspecified atom stereocenters. The average Bonchev–Trinajstić information content (AvgIpc) is 2.75. The van der Waals surface area contributed by atoms with Gasteiger partial charge in [-0.1, -0.05) is 17.3 Å². The molecule has 2 aromatic carbocycles. The van der Waals surface area contributed by atoms with Crippen LogP contribution in [-0.4, -0.2) is 48.6 Å². The van der Waals surface area contributed by atoms with E-state index < -0.39 is 29.9 Å². The summed E-state index contributed by atoms with van der Waals surface area (Å²) in [5, 5.41) is 16.6. The molecule has 8 nitrogen and oxygen atoms in total. The molecule has 0 saturated carbocycles. The molecular formula is C21H20F3N3O5. The third kappa shape index (κ3) is 4.24. The van der Waals surface area contributed by atoms with Crippen molar-refractivity contribution in [2.45, 2.75) is 18.7 Å². The van der Waals surface area contributed by atoms with E-state index in [-0.39, 0.29) is 22.5 Å². The van der Waals surface area contributed by atoms with Crippen LogP contribution in [0.5, 0.6) is 5.75 Å². The topological polar surface area (TPSA) is 105 Å². The fourth-order valence-electron chi connectivity index (χ4n) is 3.21. The minimum absolute atomic E-state index is 0.0550. The van der Waals surface area contributed by atoms with Crippen LogP contribution in [0.15, 0.2) is 51.8 Å². The highest BCUT2D eigenvalue weighted by atomic mass is 19.4. The molecule has 3 aromatic rings. The Morgan fingerprint density at radius 1 is 1.22 bits per heavy atom. The van der Waals surface area contributed by atoms with Gasteiger partial charge in [-0.15, -0.1) is 0 Å².